The van der Waals surface area contributed by atoms with E-state index >= 15 is 0 Å². The Morgan fingerprint density at radius 3 is 2.50 bits per heavy atom. The molecule has 0 aliphatic rings. The van der Waals surface area contributed by atoms with Gasteiger partial charge in [-0.1, -0.05) is 18.2 Å². The van der Waals surface area contributed by atoms with E-state index in [9.17, 15) is 4.57 Å². The van der Waals surface area contributed by atoms with Crippen LogP contribution < -0.4 is 0 Å². The molecule has 0 bridgehead atoms. The van der Waals surface area contributed by atoms with Crippen molar-refractivity contribution >= 4 is 58.0 Å². The molecule has 0 aromatic heterocycles. The summed E-state index contributed by atoms with van der Waals surface area (Å²) < 4.78 is 14.5. The fourth-order valence-corrected chi connectivity index (χ4v) is 1.42. The maximum absolute atomic E-state index is 10.1. The topological polar surface area (TPSA) is 46.5 Å². The van der Waals surface area contributed by atoms with Crippen molar-refractivity contribution in [2.45, 2.75) is 4.90 Å². The Balaban J connectivity index is -0.000000403. The zero-order valence-corrected chi connectivity index (χ0v) is 10.1. The van der Waals surface area contributed by atoms with E-state index in [1.807, 2.05) is 18.2 Å². The Kier molecular flexibility index (Phi) is 7.79. The van der Waals surface area contributed by atoms with Gasteiger partial charge in [0.15, 0.2) is 0 Å². The van der Waals surface area contributed by atoms with Crippen LogP contribution in [-0.2, 0) is 8.54 Å². The van der Waals surface area contributed by atoms with Crippen molar-refractivity contribution in [3.63, 3.8) is 0 Å². The van der Waals surface area contributed by atoms with Crippen LogP contribution in [0, 0.1) is 0 Å². The van der Waals surface area contributed by atoms with E-state index in [-0.39, 0.29) is 40.6 Å². The number of hydrogen-bond acceptors (Lipinski definition) is 3. The maximum Gasteiger partial charge on any atom is 2.00 e. The first-order valence-corrected chi connectivity index (χ1v) is 4.72. The number of benzene rings is 1. The molecule has 1 atom stereocenters. The van der Waals surface area contributed by atoms with Gasteiger partial charge in [-0.2, -0.15) is 0 Å². The average Bonchev–Trinajstić information content (AvgIpc) is 2.03. The zero-order valence-electron chi connectivity index (χ0n) is 8.21. The van der Waals surface area contributed by atoms with E-state index in [1.165, 1.54) is 0 Å². The molecule has 0 saturated heterocycles. The van der Waals surface area contributed by atoms with Crippen LogP contribution in [0.15, 0.2) is 35.2 Å². The minimum atomic E-state index is -2.51. The molecule has 0 aliphatic carbocycles. The van der Waals surface area contributed by atoms with Crippen LogP contribution >= 0.6 is 20.3 Å². The molecule has 6 heteroatoms. The molecular weight excluding hydrogens is 223 g/mol. The minimum absolute atomic E-state index is 0. The van der Waals surface area contributed by atoms with Crippen molar-refractivity contribution in [2.75, 3.05) is 0 Å². The quantitative estimate of drug-likeness (QED) is 0.492. The van der Waals surface area contributed by atoms with E-state index in [0.29, 0.717) is 0 Å². The smallest absolute Gasteiger partial charge is 1.00 e. The van der Waals surface area contributed by atoms with Crippen LogP contribution in [0.25, 0.3) is 0 Å². The van der Waals surface area contributed by atoms with Gasteiger partial charge in [-0.05, 0) is 16.1 Å². The standard InChI is InChI=1S/C6H5O3PS.Ca.2H/c7-10(8)9-11-6-4-2-1-3-5-6;;;/h1-5H;;;/q;+2;2*-1/p+1. The van der Waals surface area contributed by atoms with Crippen molar-refractivity contribution < 1.29 is 16.3 Å². The van der Waals surface area contributed by atoms with Crippen LogP contribution in [-0.4, -0.2) is 42.6 Å². The molecule has 0 spiro atoms. The third-order valence-corrected chi connectivity index (χ3v) is 2.21. The second-order valence-corrected chi connectivity index (χ2v) is 3.42. The summed E-state index contributed by atoms with van der Waals surface area (Å²) in [6, 6.07) is 9.11. The summed E-state index contributed by atoms with van der Waals surface area (Å²) >= 11 is 0.895. The average molecular weight is 231 g/mol. The molecule has 0 heterocycles. The van der Waals surface area contributed by atoms with Gasteiger partial charge in [-0.15, -0.1) is 4.89 Å². The van der Waals surface area contributed by atoms with Gasteiger partial charge in [0.05, 0.1) is 12.0 Å². The Morgan fingerprint density at radius 1 is 1.42 bits per heavy atom. The fourth-order valence-electron chi connectivity index (χ4n) is 0.551. The molecule has 0 amide bonds. The summed E-state index contributed by atoms with van der Waals surface area (Å²) in [6.07, 6.45) is 0. The predicted molar refractivity (Wildman–Crippen MR) is 51.2 cm³/mol. The summed E-state index contributed by atoms with van der Waals surface area (Å²) in [4.78, 5) is 9.09. The Morgan fingerprint density at radius 2 is 2.00 bits per heavy atom. The summed E-state index contributed by atoms with van der Waals surface area (Å²) in [6.45, 7) is 0. The molecule has 1 aromatic rings. The van der Waals surface area contributed by atoms with E-state index in [0.717, 1.165) is 16.9 Å². The van der Waals surface area contributed by atoms with Gasteiger partial charge in [-0.25, -0.2) is 0 Å². The zero-order chi connectivity index (χ0) is 8.10. The molecule has 1 unspecified atom stereocenters. The van der Waals surface area contributed by atoms with Crippen LogP contribution in [0.2, 0.25) is 0 Å². The fraction of sp³-hybridized carbons (Fsp3) is 0. The normalized spacial score (nSPS) is 10.2. The van der Waals surface area contributed by atoms with Gasteiger partial charge in [0.25, 0.3) is 0 Å². The van der Waals surface area contributed by atoms with E-state index in [4.69, 9.17) is 4.89 Å². The summed E-state index contributed by atoms with van der Waals surface area (Å²) in [5.41, 5.74) is 0. The molecule has 1 N–H and O–H groups in total. The molecule has 1 aromatic carbocycles. The third kappa shape index (κ3) is 5.49. The molecule has 0 aliphatic heterocycles. The van der Waals surface area contributed by atoms with E-state index in [2.05, 4.69) is 3.97 Å². The molecule has 0 radical (unpaired) electrons. The Labute approximate surface area is 109 Å². The third-order valence-electron chi connectivity index (χ3n) is 0.940. The van der Waals surface area contributed by atoms with Gasteiger partial charge in [0.1, 0.15) is 0 Å². The molecular formula is C6H8CaO3PS+. The van der Waals surface area contributed by atoms with Gasteiger partial charge >= 0.3 is 46.0 Å². The second kappa shape index (κ2) is 7.27. The van der Waals surface area contributed by atoms with Crippen LogP contribution in [0.3, 0.4) is 0 Å². The van der Waals surface area contributed by atoms with Crippen LogP contribution in [0.1, 0.15) is 2.85 Å². The maximum atomic E-state index is 10.1. The summed E-state index contributed by atoms with van der Waals surface area (Å²) in [5.74, 6) is 0. The molecule has 3 nitrogen and oxygen atoms in total. The van der Waals surface area contributed by atoms with Crippen molar-refractivity contribution in [1.82, 2.24) is 0 Å². The molecule has 62 valence electrons. The number of hydrogen-bond donors (Lipinski definition) is 1. The largest absolute Gasteiger partial charge is 2.00 e. The van der Waals surface area contributed by atoms with Crippen LogP contribution in [0.5, 0.6) is 0 Å². The molecule has 0 saturated carbocycles. The first kappa shape index (κ1) is 12.8. The second-order valence-electron chi connectivity index (χ2n) is 1.71. The van der Waals surface area contributed by atoms with Gasteiger partial charge in [0, 0.05) is 9.46 Å². The summed E-state index contributed by atoms with van der Waals surface area (Å²) in [7, 11) is -2.51. The first-order chi connectivity index (χ1) is 5.29. The Hall–Kier alpha value is 0.850. The monoisotopic (exact) mass is 231 g/mol. The molecule has 0 fully saturated rings. The van der Waals surface area contributed by atoms with E-state index in [1.54, 1.807) is 12.1 Å². The SMILES string of the molecule is O=[P+](O)OSc1ccccc1.[Ca+2].[H-].[H-]. The molecule has 12 heavy (non-hydrogen) atoms. The Bertz CT molecular complexity index is 252. The van der Waals surface area contributed by atoms with Crippen molar-refractivity contribution in [3.8, 4) is 0 Å². The summed E-state index contributed by atoms with van der Waals surface area (Å²) in [5, 5.41) is 0. The predicted octanol–water partition coefficient (Wildman–Crippen LogP) is 2.20. The van der Waals surface area contributed by atoms with Crippen molar-refractivity contribution in [3.05, 3.63) is 30.3 Å². The first-order valence-electron chi connectivity index (χ1n) is 2.85. The van der Waals surface area contributed by atoms with Crippen molar-refractivity contribution in [2.24, 2.45) is 0 Å². The van der Waals surface area contributed by atoms with Crippen LogP contribution in [0.4, 0.5) is 0 Å². The number of rotatable bonds is 3. The molecule has 1 rings (SSSR count). The van der Waals surface area contributed by atoms with E-state index < -0.39 is 8.25 Å². The van der Waals surface area contributed by atoms with Crippen molar-refractivity contribution in [1.29, 1.82) is 0 Å². The van der Waals surface area contributed by atoms with Gasteiger partial charge in [0.2, 0.25) is 0 Å². The van der Waals surface area contributed by atoms with Gasteiger partial charge in [-0.3, -0.25) is 0 Å². The minimum Gasteiger partial charge on any atom is -1.00 e. The van der Waals surface area contributed by atoms with Gasteiger partial charge < -0.3 is 2.85 Å².